The summed E-state index contributed by atoms with van der Waals surface area (Å²) in [7, 11) is 1.63. The summed E-state index contributed by atoms with van der Waals surface area (Å²) in [6.07, 6.45) is 4.12. The summed E-state index contributed by atoms with van der Waals surface area (Å²) in [6, 6.07) is 10.4. The predicted molar refractivity (Wildman–Crippen MR) is 113 cm³/mol. The number of amides is 2. The Morgan fingerprint density at radius 1 is 1.07 bits per heavy atom. The Morgan fingerprint density at radius 3 is 2.31 bits per heavy atom. The number of nitrogens with zero attached hydrogens (tertiary/aromatic N) is 2. The lowest BCUT2D eigenvalue weighted by molar-refractivity contribution is -0.123. The second kappa shape index (κ2) is 11.3. The minimum atomic E-state index is -0.757. The summed E-state index contributed by atoms with van der Waals surface area (Å²) < 4.78 is 5.44. The summed E-state index contributed by atoms with van der Waals surface area (Å²) in [5, 5.41) is 5.84. The van der Waals surface area contributed by atoms with Gasteiger partial charge in [0.1, 0.15) is 6.04 Å². The van der Waals surface area contributed by atoms with Crippen LogP contribution in [-0.2, 0) is 15.9 Å². The highest BCUT2D eigenvalue weighted by Gasteiger charge is 2.29. The van der Waals surface area contributed by atoms with Gasteiger partial charge in [-0.15, -0.1) is 0 Å². The lowest BCUT2D eigenvalue weighted by atomic mass is 9.60. The minimum Gasteiger partial charge on any atom is -0.437 e. The monoisotopic (exact) mass is 396 g/mol. The molecule has 0 aliphatic rings. The van der Waals surface area contributed by atoms with Crippen LogP contribution >= 0.6 is 0 Å². The van der Waals surface area contributed by atoms with E-state index in [2.05, 4.69) is 34.4 Å². The molecule has 2 atom stereocenters. The first kappa shape index (κ1) is 22.6. The fraction of sp³-hybridized carbons (Fsp3) is 0.429. The number of rotatable bonds is 10. The van der Waals surface area contributed by atoms with Gasteiger partial charge in [0.2, 0.25) is 11.7 Å². The molecule has 0 aliphatic heterocycles. The van der Waals surface area contributed by atoms with E-state index in [4.69, 9.17) is 4.65 Å². The number of carbonyl (C=O) groups is 2. The zero-order valence-electron chi connectivity index (χ0n) is 17.5. The van der Waals surface area contributed by atoms with Crippen LogP contribution in [0.3, 0.4) is 0 Å². The first-order chi connectivity index (χ1) is 13.9. The smallest absolute Gasteiger partial charge is 0.312 e. The second-order valence-corrected chi connectivity index (χ2v) is 7.47. The summed E-state index contributed by atoms with van der Waals surface area (Å²) in [5.74, 6) is -0.481. The molecule has 8 heteroatoms. The number of nitrogens with one attached hydrogen (secondary N) is 2. The van der Waals surface area contributed by atoms with Crippen LogP contribution in [0.2, 0.25) is 6.82 Å². The van der Waals surface area contributed by atoms with Gasteiger partial charge in [0.05, 0.1) is 0 Å². The number of hydrogen-bond acceptors (Lipinski definition) is 5. The van der Waals surface area contributed by atoms with E-state index in [9.17, 15) is 9.59 Å². The average Bonchev–Trinajstić information content (AvgIpc) is 2.73. The third kappa shape index (κ3) is 7.31. The van der Waals surface area contributed by atoms with E-state index in [1.54, 1.807) is 13.2 Å². The van der Waals surface area contributed by atoms with Crippen LogP contribution in [0.5, 0.6) is 0 Å². The fourth-order valence-electron chi connectivity index (χ4n) is 3.02. The van der Waals surface area contributed by atoms with Gasteiger partial charge in [-0.2, -0.15) is 0 Å². The van der Waals surface area contributed by atoms with Gasteiger partial charge in [0.15, 0.2) is 0 Å². The minimum absolute atomic E-state index is 0.0300. The molecular weight excluding hydrogens is 367 g/mol. The third-order valence-corrected chi connectivity index (χ3v) is 4.66. The molecule has 0 fully saturated rings. The third-order valence-electron chi connectivity index (χ3n) is 4.66. The predicted octanol–water partition coefficient (Wildman–Crippen LogP) is 2.16. The van der Waals surface area contributed by atoms with Crippen molar-refractivity contribution >= 4 is 18.7 Å². The summed E-state index contributed by atoms with van der Waals surface area (Å²) >= 11 is 0. The lowest BCUT2D eigenvalue weighted by Gasteiger charge is -2.26. The van der Waals surface area contributed by atoms with E-state index in [-0.39, 0.29) is 24.6 Å². The van der Waals surface area contributed by atoms with Crippen LogP contribution in [0.15, 0.2) is 48.8 Å². The van der Waals surface area contributed by atoms with Crippen LogP contribution in [-0.4, -0.2) is 47.8 Å². The van der Waals surface area contributed by atoms with Crippen molar-refractivity contribution in [3.63, 3.8) is 0 Å². The number of hydrogen-bond donors (Lipinski definition) is 2. The maximum absolute atomic E-state index is 13.1. The van der Waals surface area contributed by atoms with Crippen LogP contribution in [0, 0.1) is 5.92 Å². The molecule has 1 aromatic carbocycles. The Labute approximate surface area is 172 Å². The van der Waals surface area contributed by atoms with E-state index in [1.165, 1.54) is 12.4 Å². The molecule has 7 nitrogen and oxygen atoms in total. The molecule has 0 aliphatic carbocycles. The van der Waals surface area contributed by atoms with Crippen molar-refractivity contribution in [1.82, 2.24) is 20.6 Å². The van der Waals surface area contributed by atoms with Crippen molar-refractivity contribution in [3.05, 3.63) is 60.2 Å². The van der Waals surface area contributed by atoms with E-state index in [0.29, 0.717) is 12.3 Å². The van der Waals surface area contributed by atoms with Gasteiger partial charge >= 0.3 is 6.92 Å². The molecule has 2 aromatic rings. The Hall–Kier alpha value is -2.74. The van der Waals surface area contributed by atoms with Gasteiger partial charge < -0.3 is 15.3 Å². The molecule has 2 rings (SSSR count). The first-order valence-corrected chi connectivity index (χ1v) is 9.85. The Kier molecular flexibility index (Phi) is 8.80. The van der Waals surface area contributed by atoms with Crippen molar-refractivity contribution < 1.29 is 14.2 Å². The standard InChI is InChI=1S/C21H29BN4O3/c1-15(2)13-18(22(3)29-4)26-20(27)17(14-16-9-6-5-7-10-16)25-21(28)19-23-11-8-12-24-19/h5-12,15,17-18H,13-14H2,1-4H3,(H,25,28)(H,26,27)/t17-,18-/m0/s1. The quantitative estimate of drug-likeness (QED) is 0.601. The highest BCUT2D eigenvalue weighted by molar-refractivity contribution is 6.52. The SMILES string of the molecule is COB(C)[C@H](CC(C)C)NC(=O)[C@H](Cc1ccccc1)NC(=O)c1ncccn1. The van der Waals surface area contributed by atoms with Crippen molar-refractivity contribution in [1.29, 1.82) is 0 Å². The van der Waals surface area contributed by atoms with Crippen molar-refractivity contribution in [2.24, 2.45) is 5.92 Å². The molecule has 0 spiro atoms. The van der Waals surface area contributed by atoms with Gasteiger partial charge in [0, 0.05) is 31.9 Å². The summed E-state index contributed by atoms with van der Waals surface area (Å²) in [4.78, 5) is 33.6. The number of carbonyl (C=O) groups excluding carboxylic acids is 2. The molecule has 0 saturated carbocycles. The Bertz CT molecular complexity index is 774. The molecule has 154 valence electrons. The Morgan fingerprint density at radius 2 is 1.72 bits per heavy atom. The van der Waals surface area contributed by atoms with E-state index in [1.807, 2.05) is 37.2 Å². The maximum Gasteiger partial charge on any atom is 0.312 e. The highest BCUT2D eigenvalue weighted by Crippen LogP contribution is 2.10. The molecule has 29 heavy (non-hydrogen) atoms. The van der Waals surface area contributed by atoms with Crippen molar-refractivity contribution in [2.75, 3.05) is 7.11 Å². The largest absolute Gasteiger partial charge is 0.437 e. The zero-order valence-corrected chi connectivity index (χ0v) is 17.5. The molecule has 1 heterocycles. The van der Waals surface area contributed by atoms with Gasteiger partial charge in [-0.3, -0.25) is 9.59 Å². The second-order valence-electron chi connectivity index (χ2n) is 7.47. The van der Waals surface area contributed by atoms with Crippen LogP contribution < -0.4 is 10.6 Å². The normalized spacial score (nSPS) is 12.9. The molecule has 1 aromatic heterocycles. The van der Waals surface area contributed by atoms with E-state index >= 15 is 0 Å². The first-order valence-electron chi connectivity index (χ1n) is 9.85. The van der Waals surface area contributed by atoms with Gasteiger partial charge in [-0.1, -0.05) is 51.0 Å². The lowest BCUT2D eigenvalue weighted by Crippen LogP contribution is -2.54. The molecule has 0 saturated heterocycles. The van der Waals surface area contributed by atoms with Gasteiger partial charge in [0.25, 0.3) is 5.91 Å². The highest BCUT2D eigenvalue weighted by atomic mass is 16.4. The number of aromatic nitrogens is 2. The molecule has 0 unspecified atom stereocenters. The Balaban J connectivity index is 2.18. The van der Waals surface area contributed by atoms with Crippen molar-refractivity contribution in [3.8, 4) is 0 Å². The topological polar surface area (TPSA) is 93.2 Å². The van der Waals surface area contributed by atoms with Crippen molar-refractivity contribution in [2.45, 2.75) is 45.5 Å². The van der Waals surface area contributed by atoms with Crippen LogP contribution in [0.4, 0.5) is 0 Å². The number of benzene rings is 1. The fourth-order valence-corrected chi connectivity index (χ4v) is 3.02. The molecule has 2 N–H and O–H groups in total. The molecule has 0 radical (unpaired) electrons. The zero-order chi connectivity index (χ0) is 21.2. The van der Waals surface area contributed by atoms with Crippen LogP contribution in [0.25, 0.3) is 0 Å². The summed E-state index contributed by atoms with van der Waals surface area (Å²) in [6.45, 7) is 5.97. The molecule has 0 bridgehead atoms. The average molecular weight is 396 g/mol. The maximum atomic E-state index is 13.1. The molecular formula is C21H29BN4O3. The van der Waals surface area contributed by atoms with Gasteiger partial charge in [-0.25, -0.2) is 9.97 Å². The van der Waals surface area contributed by atoms with Gasteiger partial charge in [-0.05, 0) is 24.0 Å². The van der Waals surface area contributed by atoms with E-state index < -0.39 is 11.9 Å². The van der Waals surface area contributed by atoms with E-state index in [0.717, 1.165) is 12.0 Å². The summed E-state index contributed by atoms with van der Waals surface area (Å²) in [5.41, 5.74) is 0.946. The van der Waals surface area contributed by atoms with Crippen LogP contribution in [0.1, 0.15) is 36.5 Å². The molecule has 2 amide bonds.